The molecule has 0 aliphatic heterocycles. The zero-order valence-electron chi connectivity index (χ0n) is 9.62. The topological polar surface area (TPSA) is 82.7 Å². The van der Waals surface area contributed by atoms with Crippen LogP contribution in [-0.4, -0.2) is 4.98 Å². The van der Waals surface area contributed by atoms with E-state index in [1.165, 1.54) is 12.1 Å². The minimum Gasteiger partial charge on any atom is -0.385 e. The summed E-state index contributed by atoms with van der Waals surface area (Å²) >= 11 is 0. The van der Waals surface area contributed by atoms with Crippen LogP contribution in [0.1, 0.15) is 11.1 Å². The first-order valence-electron chi connectivity index (χ1n) is 5.23. The van der Waals surface area contributed by atoms with Gasteiger partial charge in [0, 0.05) is 5.56 Å². The number of nitrogens with zero attached hydrogens (tertiary/aromatic N) is 1. The maximum absolute atomic E-state index is 13.2. The number of H-pyrrole nitrogens is 1. The molecule has 0 aliphatic carbocycles. The summed E-state index contributed by atoms with van der Waals surface area (Å²) < 4.78 is 13.2. The fourth-order valence-corrected chi connectivity index (χ4v) is 1.90. The molecule has 4 nitrogen and oxygen atoms in total. The smallest absolute Gasteiger partial charge is 0.267 e. The first kappa shape index (κ1) is 11.9. The van der Waals surface area contributed by atoms with Gasteiger partial charge in [-0.2, -0.15) is 5.26 Å². The number of anilines is 1. The van der Waals surface area contributed by atoms with Crippen molar-refractivity contribution >= 4 is 5.82 Å². The molecular weight excluding hydrogens is 233 g/mol. The third-order valence-electron chi connectivity index (χ3n) is 2.72. The van der Waals surface area contributed by atoms with E-state index in [0.29, 0.717) is 16.7 Å². The second kappa shape index (κ2) is 4.34. The van der Waals surface area contributed by atoms with Crippen LogP contribution in [0.15, 0.2) is 29.1 Å². The molecule has 0 atom stereocenters. The molecule has 0 radical (unpaired) electrons. The molecule has 18 heavy (non-hydrogen) atoms. The van der Waals surface area contributed by atoms with Crippen LogP contribution in [0.25, 0.3) is 11.1 Å². The van der Waals surface area contributed by atoms with Crippen molar-refractivity contribution in [1.29, 1.82) is 5.26 Å². The van der Waals surface area contributed by atoms with Crippen LogP contribution in [0.2, 0.25) is 0 Å². The number of nitrogen functional groups attached to an aromatic ring is 1. The van der Waals surface area contributed by atoms with E-state index in [-0.39, 0.29) is 11.4 Å². The number of nitrogens with two attached hydrogens (primary N) is 1. The van der Waals surface area contributed by atoms with Crippen molar-refractivity contribution in [3.05, 3.63) is 51.6 Å². The number of benzene rings is 1. The second-order valence-electron chi connectivity index (χ2n) is 3.86. The molecule has 0 spiro atoms. The molecule has 1 heterocycles. The van der Waals surface area contributed by atoms with Crippen LogP contribution in [0, 0.1) is 24.1 Å². The number of halogens is 1. The van der Waals surface area contributed by atoms with E-state index >= 15 is 0 Å². The summed E-state index contributed by atoms with van der Waals surface area (Å²) in [7, 11) is 0. The molecule has 0 amide bonds. The van der Waals surface area contributed by atoms with E-state index in [1.807, 2.05) is 6.07 Å². The van der Waals surface area contributed by atoms with Gasteiger partial charge in [0.1, 0.15) is 23.3 Å². The first-order chi connectivity index (χ1) is 8.54. The third-order valence-corrected chi connectivity index (χ3v) is 2.72. The van der Waals surface area contributed by atoms with Gasteiger partial charge < -0.3 is 10.7 Å². The molecule has 1 aromatic heterocycles. The Balaban J connectivity index is 2.81. The summed E-state index contributed by atoms with van der Waals surface area (Å²) in [5, 5.41) is 8.93. The highest BCUT2D eigenvalue weighted by Gasteiger charge is 2.14. The average molecular weight is 243 g/mol. The average Bonchev–Trinajstić information content (AvgIpc) is 2.28. The molecule has 0 bridgehead atoms. The van der Waals surface area contributed by atoms with Crippen molar-refractivity contribution in [3.63, 3.8) is 0 Å². The molecule has 2 rings (SSSR count). The zero-order valence-corrected chi connectivity index (χ0v) is 9.62. The van der Waals surface area contributed by atoms with Crippen LogP contribution in [0.4, 0.5) is 10.2 Å². The van der Waals surface area contributed by atoms with Gasteiger partial charge in [0.05, 0.1) is 0 Å². The van der Waals surface area contributed by atoms with Crippen LogP contribution < -0.4 is 11.3 Å². The molecule has 0 aliphatic rings. The lowest BCUT2D eigenvalue weighted by atomic mass is 9.98. The Labute approximate surface area is 102 Å². The van der Waals surface area contributed by atoms with Gasteiger partial charge in [-0.15, -0.1) is 0 Å². The summed E-state index contributed by atoms with van der Waals surface area (Å²) in [4.78, 5) is 13.9. The van der Waals surface area contributed by atoms with E-state index in [9.17, 15) is 9.18 Å². The minimum atomic E-state index is -0.535. The molecule has 3 N–H and O–H groups in total. The molecule has 2 aromatic rings. The van der Waals surface area contributed by atoms with Crippen molar-refractivity contribution in [2.24, 2.45) is 0 Å². The highest BCUT2D eigenvalue weighted by molar-refractivity contribution is 5.78. The highest BCUT2D eigenvalue weighted by Crippen LogP contribution is 2.28. The Morgan fingerprint density at radius 2 is 2.17 bits per heavy atom. The molecule has 0 saturated carbocycles. The number of aromatic amines is 1. The lowest BCUT2D eigenvalue weighted by Crippen LogP contribution is -2.16. The number of nitriles is 1. The van der Waals surface area contributed by atoms with Gasteiger partial charge >= 0.3 is 0 Å². The second-order valence-corrected chi connectivity index (χ2v) is 3.86. The Morgan fingerprint density at radius 3 is 2.78 bits per heavy atom. The van der Waals surface area contributed by atoms with Crippen LogP contribution in [-0.2, 0) is 0 Å². The van der Waals surface area contributed by atoms with Crippen LogP contribution in [0.3, 0.4) is 0 Å². The normalized spacial score (nSPS) is 10.1. The third kappa shape index (κ3) is 1.84. The fourth-order valence-electron chi connectivity index (χ4n) is 1.90. The highest BCUT2D eigenvalue weighted by atomic mass is 19.1. The number of pyridine rings is 1. The molecule has 1 aromatic carbocycles. The molecule has 0 unspecified atom stereocenters. The molecule has 90 valence electrons. The number of rotatable bonds is 1. The first-order valence-corrected chi connectivity index (χ1v) is 5.23. The van der Waals surface area contributed by atoms with Crippen molar-refractivity contribution in [2.75, 3.05) is 5.73 Å². The maximum atomic E-state index is 13.2. The Kier molecular flexibility index (Phi) is 2.86. The van der Waals surface area contributed by atoms with Gasteiger partial charge in [-0.3, -0.25) is 4.79 Å². The van der Waals surface area contributed by atoms with E-state index in [0.717, 1.165) is 0 Å². The van der Waals surface area contributed by atoms with Gasteiger partial charge in [0.2, 0.25) is 0 Å². The SMILES string of the molecule is Cc1c(-c2cccc(F)c2)c(N)[nH]c(=O)c1C#N. The summed E-state index contributed by atoms with van der Waals surface area (Å²) in [5.41, 5.74) is 6.65. The monoisotopic (exact) mass is 243 g/mol. The number of nitrogens with one attached hydrogen (secondary N) is 1. The molecule has 0 saturated heterocycles. The molecule has 0 fully saturated rings. The fraction of sp³-hybridized carbons (Fsp3) is 0.0769. The Hall–Kier alpha value is -2.61. The van der Waals surface area contributed by atoms with Crippen LogP contribution in [0.5, 0.6) is 0 Å². The van der Waals surface area contributed by atoms with E-state index < -0.39 is 11.4 Å². The van der Waals surface area contributed by atoms with E-state index in [4.69, 9.17) is 11.0 Å². The van der Waals surface area contributed by atoms with Gasteiger partial charge in [-0.1, -0.05) is 12.1 Å². The molecular formula is C13H10FN3O. The molecule has 5 heteroatoms. The van der Waals surface area contributed by atoms with Gasteiger partial charge in [0.15, 0.2) is 0 Å². The lowest BCUT2D eigenvalue weighted by molar-refractivity contribution is 0.628. The number of aromatic nitrogens is 1. The predicted molar refractivity (Wildman–Crippen MR) is 66.3 cm³/mol. The van der Waals surface area contributed by atoms with Gasteiger partial charge in [-0.25, -0.2) is 4.39 Å². The lowest BCUT2D eigenvalue weighted by Gasteiger charge is -2.10. The minimum absolute atomic E-state index is 0.0107. The van der Waals surface area contributed by atoms with Crippen LogP contribution >= 0.6 is 0 Å². The number of hydrogen-bond acceptors (Lipinski definition) is 3. The van der Waals surface area contributed by atoms with Crippen molar-refractivity contribution < 1.29 is 4.39 Å². The summed E-state index contributed by atoms with van der Waals surface area (Å²) in [5.74, 6) is -0.280. The number of hydrogen-bond donors (Lipinski definition) is 2. The van der Waals surface area contributed by atoms with E-state index in [1.54, 1.807) is 19.1 Å². The zero-order chi connectivity index (χ0) is 13.3. The summed E-state index contributed by atoms with van der Waals surface area (Å²) in [6, 6.07) is 7.65. The Bertz CT molecular complexity index is 713. The summed E-state index contributed by atoms with van der Waals surface area (Å²) in [6.07, 6.45) is 0. The quantitative estimate of drug-likeness (QED) is 0.802. The Morgan fingerprint density at radius 1 is 1.44 bits per heavy atom. The van der Waals surface area contributed by atoms with Crippen molar-refractivity contribution in [1.82, 2.24) is 4.98 Å². The maximum Gasteiger partial charge on any atom is 0.267 e. The van der Waals surface area contributed by atoms with Crippen molar-refractivity contribution in [3.8, 4) is 17.2 Å². The summed E-state index contributed by atoms with van der Waals surface area (Å²) in [6.45, 7) is 1.62. The largest absolute Gasteiger partial charge is 0.385 e. The standard InChI is InChI=1S/C13H10FN3O/c1-7-10(6-15)13(18)17-12(16)11(7)8-3-2-4-9(14)5-8/h2-5H,1H3,(H3,16,17,18). The predicted octanol–water partition coefficient (Wildman–Crippen LogP) is 1.94. The van der Waals surface area contributed by atoms with Gasteiger partial charge in [-0.05, 0) is 30.2 Å². The van der Waals surface area contributed by atoms with Crippen molar-refractivity contribution in [2.45, 2.75) is 6.92 Å². The van der Waals surface area contributed by atoms with Gasteiger partial charge in [0.25, 0.3) is 5.56 Å². The van der Waals surface area contributed by atoms with E-state index in [2.05, 4.69) is 4.98 Å².